The Labute approximate surface area is 131 Å². The molecule has 0 N–H and O–H groups in total. The molecule has 6 heteroatoms. The normalized spacial score (nSPS) is 11.0. The van der Waals surface area contributed by atoms with Gasteiger partial charge in [-0.3, -0.25) is 4.98 Å². The molecule has 0 aromatic carbocycles. The first-order valence-corrected chi connectivity index (χ1v) is 7.84. The number of aryl methyl sites for hydroxylation is 3. The van der Waals surface area contributed by atoms with Gasteiger partial charge in [-0.2, -0.15) is 4.98 Å². The van der Waals surface area contributed by atoms with Gasteiger partial charge in [-0.15, -0.1) is 11.3 Å². The van der Waals surface area contributed by atoms with Gasteiger partial charge < -0.3 is 4.74 Å². The predicted molar refractivity (Wildman–Crippen MR) is 85.6 cm³/mol. The third-order valence-corrected chi connectivity index (χ3v) is 4.18. The Morgan fingerprint density at radius 1 is 1.19 bits per heavy atom. The van der Waals surface area contributed by atoms with Crippen LogP contribution in [-0.2, 0) is 6.42 Å². The van der Waals surface area contributed by atoms with E-state index >= 15 is 0 Å². The smallest absolute Gasteiger partial charge is 0.232 e. The molecule has 0 aliphatic heterocycles. The maximum Gasteiger partial charge on any atom is 0.232 e. The average Bonchev–Trinajstić information content (AvgIpc) is 2.81. The number of rotatable bonds is 3. The molecule has 0 unspecified atom stereocenters. The second kappa shape index (κ2) is 5.58. The fraction of sp³-hybridized carbons (Fsp3) is 0.267. The van der Waals surface area contributed by atoms with Gasteiger partial charge in [0.2, 0.25) is 11.2 Å². The molecule has 3 aromatic heterocycles. The molecule has 3 rings (SSSR count). The summed E-state index contributed by atoms with van der Waals surface area (Å²) in [6.07, 6.45) is 0.793. The first kappa shape index (κ1) is 14.2. The summed E-state index contributed by atoms with van der Waals surface area (Å²) in [5.41, 5.74) is 1.88. The summed E-state index contributed by atoms with van der Waals surface area (Å²) in [6.45, 7) is 6.03. The van der Waals surface area contributed by atoms with Crippen LogP contribution in [0.25, 0.3) is 10.2 Å². The van der Waals surface area contributed by atoms with Crippen molar-refractivity contribution in [2.75, 3.05) is 0 Å². The van der Waals surface area contributed by atoms with E-state index in [4.69, 9.17) is 16.3 Å². The van der Waals surface area contributed by atoms with Crippen LogP contribution in [0.1, 0.15) is 23.2 Å². The molecule has 0 bridgehead atoms. The third-order valence-electron chi connectivity index (χ3n) is 3.07. The van der Waals surface area contributed by atoms with Crippen molar-refractivity contribution in [1.82, 2.24) is 15.0 Å². The number of nitrogens with zero attached hydrogens (tertiary/aromatic N) is 3. The monoisotopic (exact) mass is 319 g/mol. The van der Waals surface area contributed by atoms with Crippen molar-refractivity contribution in [3.63, 3.8) is 0 Å². The number of thiophene rings is 1. The molecule has 0 atom stereocenters. The Bertz CT molecular complexity index is 816. The zero-order valence-electron chi connectivity index (χ0n) is 12.0. The number of halogens is 1. The summed E-state index contributed by atoms with van der Waals surface area (Å²) in [5, 5.41) is 1.07. The van der Waals surface area contributed by atoms with Gasteiger partial charge >= 0.3 is 0 Å². The van der Waals surface area contributed by atoms with Crippen molar-refractivity contribution >= 4 is 33.2 Å². The van der Waals surface area contributed by atoms with Crippen LogP contribution in [0.4, 0.5) is 0 Å². The molecule has 21 heavy (non-hydrogen) atoms. The van der Waals surface area contributed by atoms with Gasteiger partial charge in [0.25, 0.3) is 0 Å². The van der Waals surface area contributed by atoms with Crippen molar-refractivity contribution in [2.24, 2.45) is 0 Å². The van der Waals surface area contributed by atoms with Crippen molar-refractivity contribution in [3.05, 3.63) is 39.7 Å². The summed E-state index contributed by atoms with van der Waals surface area (Å²) in [4.78, 5) is 14.9. The van der Waals surface area contributed by atoms with Crippen LogP contribution < -0.4 is 4.74 Å². The zero-order chi connectivity index (χ0) is 15.0. The molecule has 4 nitrogen and oxygen atoms in total. The lowest BCUT2D eigenvalue weighted by atomic mass is 10.2. The van der Waals surface area contributed by atoms with E-state index in [1.807, 2.05) is 39.0 Å². The van der Waals surface area contributed by atoms with E-state index in [2.05, 4.69) is 15.0 Å². The van der Waals surface area contributed by atoms with E-state index in [1.165, 1.54) is 0 Å². The van der Waals surface area contributed by atoms with E-state index in [1.54, 1.807) is 11.3 Å². The summed E-state index contributed by atoms with van der Waals surface area (Å²) < 4.78 is 5.97. The maximum absolute atomic E-state index is 5.99. The number of pyridine rings is 1. The molecule has 0 radical (unpaired) electrons. The van der Waals surface area contributed by atoms with Gasteiger partial charge in [-0.05, 0) is 50.1 Å². The molecule has 0 amide bonds. The number of aromatic nitrogens is 3. The van der Waals surface area contributed by atoms with Gasteiger partial charge in [-0.1, -0.05) is 6.92 Å². The molecule has 3 aromatic rings. The highest BCUT2D eigenvalue weighted by Crippen LogP contribution is 2.34. The van der Waals surface area contributed by atoms with Crippen molar-refractivity contribution < 1.29 is 4.74 Å². The van der Waals surface area contributed by atoms with Crippen LogP contribution in [0.2, 0.25) is 5.28 Å². The Balaban J connectivity index is 2.09. The second-order valence-corrected chi connectivity index (χ2v) is 6.30. The van der Waals surface area contributed by atoms with Crippen LogP contribution in [0.3, 0.4) is 0 Å². The van der Waals surface area contributed by atoms with Crippen LogP contribution in [-0.4, -0.2) is 15.0 Å². The molecule has 3 heterocycles. The largest absolute Gasteiger partial charge is 0.436 e. The zero-order valence-corrected chi connectivity index (χ0v) is 13.5. The lowest BCUT2D eigenvalue weighted by Gasteiger charge is -2.10. The van der Waals surface area contributed by atoms with Gasteiger partial charge in [0, 0.05) is 10.6 Å². The van der Waals surface area contributed by atoms with Gasteiger partial charge in [-0.25, -0.2) is 4.98 Å². The standard InChI is InChI=1S/C15H14ClN3OS/c1-4-11-12(6-5-8(2)17-11)20-13-10-7-9(3)21-14(10)19-15(16)18-13/h5-7H,4H2,1-3H3. The highest BCUT2D eigenvalue weighted by atomic mass is 35.5. The minimum absolute atomic E-state index is 0.192. The fourth-order valence-electron chi connectivity index (χ4n) is 2.12. The molecule has 0 spiro atoms. The van der Waals surface area contributed by atoms with E-state index in [0.717, 1.165) is 32.9 Å². The van der Waals surface area contributed by atoms with Crippen LogP contribution in [0.5, 0.6) is 11.6 Å². The van der Waals surface area contributed by atoms with Crippen LogP contribution >= 0.6 is 22.9 Å². The summed E-state index contributed by atoms with van der Waals surface area (Å²) >= 11 is 7.56. The van der Waals surface area contributed by atoms with Crippen molar-refractivity contribution in [2.45, 2.75) is 27.2 Å². The highest BCUT2D eigenvalue weighted by Gasteiger charge is 2.13. The lowest BCUT2D eigenvalue weighted by Crippen LogP contribution is -1.97. The van der Waals surface area contributed by atoms with Gasteiger partial charge in [0.1, 0.15) is 4.83 Å². The van der Waals surface area contributed by atoms with Crippen molar-refractivity contribution in [1.29, 1.82) is 0 Å². The molecule has 0 saturated carbocycles. The van der Waals surface area contributed by atoms with Crippen molar-refractivity contribution in [3.8, 4) is 11.6 Å². The maximum atomic E-state index is 5.99. The number of hydrogen-bond acceptors (Lipinski definition) is 5. The summed E-state index contributed by atoms with van der Waals surface area (Å²) in [6, 6.07) is 5.86. The number of hydrogen-bond donors (Lipinski definition) is 0. The average molecular weight is 320 g/mol. The first-order chi connectivity index (χ1) is 10.1. The Morgan fingerprint density at radius 2 is 2.00 bits per heavy atom. The molecule has 0 aliphatic rings. The van der Waals surface area contributed by atoms with Crippen LogP contribution in [0.15, 0.2) is 18.2 Å². The Morgan fingerprint density at radius 3 is 2.76 bits per heavy atom. The Hall–Kier alpha value is -1.72. The molecule has 0 saturated heterocycles. The summed E-state index contributed by atoms with van der Waals surface area (Å²) in [7, 11) is 0. The van der Waals surface area contributed by atoms with E-state index in [0.29, 0.717) is 11.6 Å². The lowest BCUT2D eigenvalue weighted by molar-refractivity contribution is 0.459. The molecule has 0 aliphatic carbocycles. The van der Waals surface area contributed by atoms with E-state index < -0.39 is 0 Å². The van der Waals surface area contributed by atoms with Gasteiger partial charge in [0.15, 0.2) is 5.75 Å². The topological polar surface area (TPSA) is 47.9 Å². The van der Waals surface area contributed by atoms with E-state index in [-0.39, 0.29) is 5.28 Å². The quantitative estimate of drug-likeness (QED) is 0.656. The molecular weight excluding hydrogens is 306 g/mol. The molecule has 0 fully saturated rings. The van der Waals surface area contributed by atoms with Crippen LogP contribution in [0, 0.1) is 13.8 Å². The molecule has 108 valence electrons. The first-order valence-electron chi connectivity index (χ1n) is 6.65. The fourth-order valence-corrected chi connectivity index (χ4v) is 3.20. The molecular formula is C15H14ClN3OS. The Kier molecular flexibility index (Phi) is 3.78. The predicted octanol–water partition coefficient (Wildman–Crippen LogP) is 4.71. The number of ether oxygens (including phenoxy) is 1. The third kappa shape index (κ3) is 2.84. The second-order valence-electron chi connectivity index (χ2n) is 4.73. The van der Waals surface area contributed by atoms with E-state index in [9.17, 15) is 0 Å². The highest BCUT2D eigenvalue weighted by molar-refractivity contribution is 7.18. The van der Waals surface area contributed by atoms with Gasteiger partial charge in [0.05, 0.1) is 11.1 Å². The summed E-state index contributed by atoms with van der Waals surface area (Å²) in [5.74, 6) is 1.19. The SMILES string of the molecule is CCc1nc(C)ccc1Oc1nc(Cl)nc2sc(C)cc12. The minimum Gasteiger partial charge on any atom is -0.436 e. The number of fused-ring (bicyclic) bond motifs is 1. The minimum atomic E-state index is 0.192.